The zero-order valence-corrected chi connectivity index (χ0v) is 18.0. The Morgan fingerprint density at radius 2 is 2.00 bits per heavy atom. The molecule has 2 heterocycles. The molecular formula is C21H24F3N5O2S. The smallest absolute Gasteiger partial charge is 0.349 e. The summed E-state index contributed by atoms with van der Waals surface area (Å²) in [5.74, 6) is -0.781. The molecule has 3 N–H and O–H groups in total. The van der Waals surface area contributed by atoms with Crippen molar-refractivity contribution in [1.82, 2.24) is 20.8 Å². The molecule has 0 saturated carbocycles. The first kappa shape index (κ1) is 23.9. The first-order valence-corrected chi connectivity index (χ1v) is 11.1. The minimum Gasteiger partial charge on any atom is -0.349 e. The Morgan fingerprint density at radius 1 is 1.22 bits per heavy atom. The molecule has 1 aromatic carbocycles. The lowest BCUT2D eigenvalue weighted by Crippen LogP contribution is -2.49. The second kappa shape index (κ2) is 11.2. The van der Waals surface area contributed by atoms with Gasteiger partial charge in [-0.05, 0) is 37.8 Å². The average molecular weight is 468 g/mol. The van der Waals surface area contributed by atoms with Crippen LogP contribution >= 0.6 is 11.3 Å². The molecule has 32 heavy (non-hydrogen) atoms. The summed E-state index contributed by atoms with van der Waals surface area (Å²) in [5, 5.41) is 13.4. The molecule has 1 fully saturated rings. The normalized spacial score (nSPS) is 17.8. The number of rotatable bonds is 8. The number of benzene rings is 1. The van der Waals surface area contributed by atoms with E-state index in [9.17, 15) is 22.8 Å². The molecule has 1 saturated heterocycles. The summed E-state index contributed by atoms with van der Waals surface area (Å²) in [7, 11) is 0. The third-order valence-electron chi connectivity index (χ3n) is 4.92. The molecule has 2 amide bonds. The first-order chi connectivity index (χ1) is 15.3. The Kier molecular flexibility index (Phi) is 8.34. The number of amides is 2. The third-order valence-corrected chi connectivity index (χ3v) is 5.80. The van der Waals surface area contributed by atoms with Gasteiger partial charge in [-0.15, -0.1) is 10.2 Å². The van der Waals surface area contributed by atoms with Gasteiger partial charge in [0.2, 0.25) is 22.0 Å². The van der Waals surface area contributed by atoms with E-state index in [1.165, 1.54) is 6.08 Å². The van der Waals surface area contributed by atoms with Crippen LogP contribution in [0.25, 0.3) is 0 Å². The maximum atomic E-state index is 12.6. The van der Waals surface area contributed by atoms with E-state index < -0.39 is 23.1 Å². The van der Waals surface area contributed by atoms with Crippen LogP contribution in [0.3, 0.4) is 0 Å². The Morgan fingerprint density at radius 3 is 2.66 bits per heavy atom. The van der Waals surface area contributed by atoms with Crippen LogP contribution in [0.4, 0.5) is 18.3 Å². The lowest BCUT2D eigenvalue weighted by atomic mass is 10.0. The van der Waals surface area contributed by atoms with Crippen molar-refractivity contribution in [2.75, 3.05) is 11.9 Å². The Bertz CT molecular complexity index is 927. The van der Waals surface area contributed by atoms with Gasteiger partial charge in [-0.2, -0.15) is 13.2 Å². The van der Waals surface area contributed by atoms with Crippen LogP contribution in [-0.2, 0) is 22.2 Å². The largest absolute Gasteiger partial charge is 0.445 e. The molecule has 1 aromatic heterocycles. The number of aromatic nitrogens is 2. The number of nitrogens with one attached hydrogen (secondary N) is 3. The van der Waals surface area contributed by atoms with Crippen molar-refractivity contribution in [1.29, 1.82) is 0 Å². The summed E-state index contributed by atoms with van der Waals surface area (Å²) in [6.07, 6.45) is 2.12. The standard InChI is InChI=1S/C21H24F3N5O2S/c22-21(23,24)19-28-29-20(32-19)27-17(30)12-11-15(10-9-14-6-2-1-3-7-14)26-18(31)16-8-4-5-13-25-16/h1-3,6-7,11-12,15-16,25H,4-5,8-10,13H2,(H,26,31)(H,27,29,30)/b12-11+/t15-,16?/m0/s1. The van der Waals surface area contributed by atoms with Gasteiger partial charge in [-0.3, -0.25) is 14.9 Å². The third kappa shape index (κ3) is 7.41. The maximum absolute atomic E-state index is 12.6. The molecule has 0 bridgehead atoms. The number of alkyl halides is 3. The maximum Gasteiger partial charge on any atom is 0.445 e. The Hall–Kier alpha value is -2.79. The van der Waals surface area contributed by atoms with Gasteiger partial charge in [0.15, 0.2) is 0 Å². The number of hydrogen-bond donors (Lipinski definition) is 3. The minimum atomic E-state index is -4.61. The molecule has 1 unspecified atom stereocenters. The van der Waals surface area contributed by atoms with Gasteiger partial charge in [-0.25, -0.2) is 0 Å². The molecule has 0 spiro atoms. The van der Waals surface area contributed by atoms with E-state index >= 15 is 0 Å². The molecule has 7 nitrogen and oxygen atoms in total. The van der Waals surface area contributed by atoms with Gasteiger partial charge >= 0.3 is 6.18 Å². The van der Waals surface area contributed by atoms with Gasteiger partial charge < -0.3 is 10.6 Å². The molecule has 1 aliphatic rings. The number of halogens is 3. The summed E-state index contributed by atoms with van der Waals surface area (Å²) in [6.45, 7) is 0.785. The lowest BCUT2D eigenvalue weighted by molar-refractivity contribution is -0.138. The van der Waals surface area contributed by atoms with Gasteiger partial charge in [0.05, 0.1) is 6.04 Å². The van der Waals surface area contributed by atoms with Crippen LogP contribution in [0.15, 0.2) is 42.5 Å². The van der Waals surface area contributed by atoms with Crippen molar-refractivity contribution in [2.45, 2.75) is 50.4 Å². The predicted octanol–water partition coefficient (Wildman–Crippen LogP) is 3.31. The van der Waals surface area contributed by atoms with Crippen LogP contribution < -0.4 is 16.0 Å². The fourth-order valence-corrected chi connectivity index (χ4v) is 3.89. The fourth-order valence-electron chi connectivity index (χ4n) is 3.28. The highest BCUT2D eigenvalue weighted by atomic mass is 32.1. The summed E-state index contributed by atoms with van der Waals surface area (Å²) in [5.41, 5.74) is 1.09. The van der Waals surface area contributed by atoms with Crippen molar-refractivity contribution >= 4 is 28.3 Å². The number of hydrogen-bond acceptors (Lipinski definition) is 6. The monoisotopic (exact) mass is 467 g/mol. The highest BCUT2D eigenvalue weighted by Gasteiger charge is 2.35. The first-order valence-electron chi connectivity index (χ1n) is 10.3. The quantitative estimate of drug-likeness (QED) is 0.518. The van der Waals surface area contributed by atoms with Crippen molar-refractivity contribution < 1.29 is 22.8 Å². The molecular weight excluding hydrogens is 443 g/mol. The number of carbonyl (C=O) groups is 2. The van der Waals surface area contributed by atoms with Crippen molar-refractivity contribution in [3.8, 4) is 0 Å². The summed E-state index contributed by atoms with van der Waals surface area (Å²) in [6, 6.07) is 9.03. The minimum absolute atomic E-state index is 0.133. The fraction of sp³-hybridized carbons (Fsp3) is 0.429. The van der Waals surface area contributed by atoms with Crippen molar-refractivity contribution in [3.05, 3.63) is 53.1 Å². The molecule has 11 heteroatoms. The van der Waals surface area contributed by atoms with E-state index in [0.29, 0.717) is 12.8 Å². The Balaban J connectivity index is 1.61. The topological polar surface area (TPSA) is 96.0 Å². The van der Waals surface area contributed by atoms with E-state index in [1.807, 2.05) is 30.3 Å². The van der Waals surface area contributed by atoms with Crippen molar-refractivity contribution in [2.24, 2.45) is 0 Å². The number of aryl methyl sites for hydroxylation is 1. The van der Waals surface area contributed by atoms with Crippen molar-refractivity contribution in [3.63, 3.8) is 0 Å². The second-order valence-corrected chi connectivity index (χ2v) is 8.38. The zero-order chi connectivity index (χ0) is 23.0. The number of anilines is 1. The molecule has 1 aliphatic heterocycles. The summed E-state index contributed by atoms with van der Waals surface area (Å²) >= 11 is 0.248. The molecule has 0 aliphatic carbocycles. The SMILES string of the molecule is O=C(/C=C/[C@H](CCc1ccccc1)NC(=O)C1CCCCN1)Nc1nnc(C(F)(F)F)s1. The predicted molar refractivity (Wildman–Crippen MR) is 115 cm³/mol. The molecule has 2 aromatic rings. The number of piperidine rings is 1. The molecule has 2 atom stereocenters. The van der Waals surface area contributed by atoms with Crippen LogP contribution in [0.1, 0.15) is 36.3 Å². The van der Waals surface area contributed by atoms with Crippen LogP contribution in [-0.4, -0.2) is 40.6 Å². The van der Waals surface area contributed by atoms with Crippen LogP contribution in [0, 0.1) is 0 Å². The second-order valence-electron chi connectivity index (χ2n) is 7.40. The van der Waals surface area contributed by atoms with E-state index in [-0.39, 0.29) is 28.4 Å². The highest BCUT2D eigenvalue weighted by Crippen LogP contribution is 2.32. The van der Waals surface area contributed by atoms with Gasteiger partial charge in [0.25, 0.3) is 0 Å². The van der Waals surface area contributed by atoms with Crippen LogP contribution in [0.2, 0.25) is 0 Å². The highest BCUT2D eigenvalue weighted by molar-refractivity contribution is 7.15. The van der Waals surface area contributed by atoms with Gasteiger partial charge in [0.1, 0.15) is 0 Å². The van der Waals surface area contributed by atoms with E-state index in [1.54, 1.807) is 6.08 Å². The molecule has 172 valence electrons. The van der Waals surface area contributed by atoms with E-state index in [4.69, 9.17) is 0 Å². The van der Waals surface area contributed by atoms with Gasteiger partial charge in [-0.1, -0.05) is 54.2 Å². The summed E-state index contributed by atoms with van der Waals surface area (Å²) in [4.78, 5) is 24.8. The molecule has 0 radical (unpaired) electrons. The summed E-state index contributed by atoms with van der Waals surface area (Å²) < 4.78 is 37.9. The van der Waals surface area contributed by atoms with Crippen LogP contribution in [0.5, 0.6) is 0 Å². The molecule has 3 rings (SSSR count). The lowest BCUT2D eigenvalue weighted by Gasteiger charge is -2.25. The zero-order valence-electron chi connectivity index (χ0n) is 17.2. The average Bonchev–Trinajstić information content (AvgIpc) is 3.26. The number of carbonyl (C=O) groups excluding carboxylic acids is 2. The number of nitrogens with zero attached hydrogens (tertiary/aromatic N) is 2. The van der Waals surface area contributed by atoms with Gasteiger partial charge in [0, 0.05) is 12.1 Å². The van der Waals surface area contributed by atoms with E-state index in [2.05, 4.69) is 26.1 Å². The Labute approximate surface area is 187 Å². The van der Waals surface area contributed by atoms with E-state index in [0.717, 1.165) is 31.4 Å².